The fourth-order valence-electron chi connectivity index (χ4n) is 8.95. The summed E-state index contributed by atoms with van der Waals surface area (Å²) >= 11 is 0. The van der Waals surface area contributed by atoms with Crippen LogP contribution in [0.4, 0.5) is 0 Å². The molecule has 3 fully saturated rings. The SMILES string of the molecule is CCOC(=O)CC[C@@H](C)C1CCC2C3C(O)[C@@H](CC)C4=CC(=O)CC[C@]4(C)C3CC[C@@]21C. The molecule has 1 N–H and O–H groups in total. The van der Waals surface area contributed by atoms with Crippen molar-refractivity contribution in [2.24, 2.45) is 46.3 Å². The van der Waals surface area contributed by atoms with Crippen LogP contribution in [-0.2, 0) is 14.3 Å². The Labute approximate surface area is 194 Å². The van der Waals surface area contributed by atoms with Crippen molar-refractivity contribution in [1.29, 1.82) is 0 Å². The molecule has 0 aliphatic heterocycles. The maximum Gasteiger partial charge on any atom is 0.305 e. The predicted molar refractivity (Wildman–Crippen MR) is 126 cm³/mol. The molecule has 4 rings (SSSR count). The number of rotatable bonds is 6. The number of fused-ring (bicyclic) bond motifs is 5. The van der Waals surface area contributed by atoms with Gasteiger partial charge in [-0.25, -0.2) is 0 Å². The molecule has 0 radical (unpaired) electrons. The van der Waals surface area contributed by atoms with Gasteiger partial charge in [-0.1, -0.05) is 33.3 Å². The maximum absolute atomic E-state index is 12.3. The minimum atomic E-state index is -0.339. The summed E-state index contributed by atoms with van der Waals surface area (Å²) < 4.78 is 5.16. The van der Waals surface area contributed by atoms with Crippen LogP contribution in [0.25, 0.3) is 0 Å². The molecule has 32 heavy (non-hydrogen) atoms. The van der Waals surface area contributed by atoms with E-state index in [0.717, 1.165) is 25.7 Å². The molecule has 0 spiro atoms. The standard InChI is InChI=1S/C28H44O4/c1-6-19-23-16-18(29)12-14-28(23,5)22-13-15-27(4)20(9-10-21(27)25(22)26(19)31)17(3)8-11-24(30)32-7-2/h16-17,19-22,25-26,31H,6-15H2,1-5H3/t17-,19+,20?,21?,22?,25?,26?,27-,28-/m1/s1. The van der Waals surface area contributed by atoms with Crippen LogP contribution in [0.2, 0.25) is 0 Å². The summed E-state index contributed by atoms with van der Waals surface area (Å²) in [4.78, 5) is 24.2. The van der Waals surface area contributed by atoms with Crippen LogP contribution in [0.1, 0.15) is 92.4 Å². The van der Waals surface area contributed by atoms with Gasteiger partial charge in [0.05, 0.1) is 12.7 Å². The Kier molecular flexibility index (Phi) is 6.66. The number of aliphatic hydroxyl groups excluding tert-OH is 1. The van der Waals surface area contributed by atoms with Gasteiger partial charge in [-0.15, -0.1) is 0 Å². The molecule has 4 nitrogen and oxygen atoms in total. The second-order valence-electron chi connectivity index (χ2n) is 11.8. The third-order valence-corrected chi connectivity index (χ3v) is 10.5. The van der Waals surface area contributed by atoms with E-state index in [1.54, 1.807) is 0 Å². The number of hydrogen-bond donors (Lipinski definition) is 1. The number of ketones is 1. The number of esters is 1. The number of carbonyl (C=O) groups excluding carboxylic acids is 2. The molecule has 9 atom stereocenters. The summed E-state index contributed by atoms with van der Waals surface area (Å²) in [5, 5.41) is 11.7. The lowest BCUT2D eigenvalue weighted by molar-refractivity contribution is -0.144. The van der Waals surface area contributed by atoms with Crippen molar-refractivity contribution in [3.63, 3.8) is 0 Å². The first kappa shape index (κ1) is 24.0. The van der Waals surface area contributed by atoms with Crippen LogP contribution >= 0.6 is 0 Å². The highest BCUT2D eigenvalue weighted by Crippen LogP contribution is 2.68. The average molecular weight is 445 g/mol. The molecule has 0 aromatic rings. The number of ether oxygens (including phenoxy) is 1. The van der Waals surface area contributed by atoms with E-state index < -0.39 is 0 Å². The molecule has 0 aromatic heterocycles. The van der Waals surface area contributed by atoms with Gasteiger partial charge in [-0.2, -0.15) is 0 Å². The molecule has 3 saturated carbocycles. The first-order valence-electron chi connectivity index (χ1n) is 13.3. The molecule has 0 amide bonds. The molecule has 180 valence electrons. The fourth-order valence-corrected chi connectivity index (χ4v) is 8.95. The molecular weight excluding hydrogens is 400 g/mol. The molecular formula is C28H44O4. The van der Waals surface area contributed by atoms with E-state index in [4.69, 9.17) is 4.74 Å². The van der Waals surface area contributed by atoms with Gasteiger partial charge in [0.15, 0.2) is 5.78 Å². The van der Waals surface area contributed by atoms with Gasteiger partial charge in [-0.05, 0) is 98.4 Å². The van der Waals surface area contributed by atoms with E-state index in [1.165, 1.54) is 24.8 Å². The monoisotopic (exact) mass is 444 g/mol. The number of aliphatic hydroxyl groups is 1. The summed E-state index contributed by atoms with van der Waals surface area (Å²) in [5.41, 5.74) is 1.55. The van der Waals surface area contributed by atoms with Crippen LogP contribution in [0.3, 0.4) is 0 Å². The van der Waals surface area contributed by atoms with Gasteiger partial charge in [-0.3, -0.25) is 9.59 Å². The maximum atomic E-state index is 12.3. The van der Waals surface area contributed by atoms with Crippen LogP contribution in [0.15, 0.2) is 11.6 Å². The van der Waals surface area contributed by atoms with Crippen LogP contribution < -0.4 is 0 Å². The minimum Gasteiger partial charge on any atom is -0.466 e. The van der Waals surface area contributed by atoms with E-state index >= 15 is 0 Å². The smallest absolute Gasteiger partial charge is 0.305 e. The van der Waals surface area contributed by atoms with Gasteiger partial charge in [0.2, 0.25) is 0 Å². The molecule has 4 aliphatic carbocycles. The van der Waals surface area contributed by atoms with Crippen molar-refractivity contribution in [2.75, 3.05) is 6.61 Å². The highest BCUT2D eigenvalue weighted by atomic mass is 16.5. The zero-order valence-electron chi connectivity index (χ0n) is 20.9. The van der Waals surface area contributed by atoms with Crippen molar-refractivity contribution in [3.05, 3.63) is 11.6 Å². The van der Waals surface area contributed by atoms with Crippen molar-refractivity contribution in [1.82, 2.24) is 0 Å². The molecule has 5 unspecified atom stereocenters. The summed E-state index contributed by atoms with van der Waals surface area (Å²) in [6, 6.07) is 0. The predicted octanol–water partition coefficient (Wildman–Crippen LogP) is 5.72. The molecule has 4 heteroatoms. The first-order valence-corrected chi connectivity index (χ1v) is 13.3. The average Bonchev–Trinajstić information content (AvgIpc) is 3.11. The van der Waals surface area contributed by atoms with Gasteiger partial charge in [0, 0.05) is 18.8 Å². The number of carbonyl (C=O) groups is 2. The second-order valence-corrected chi connectivity index (χ2v) is 11.8. The highest BCUT2D eigenvalue weighted by Gasteiger charge is 2.63. The first-order chi connectivity index (χ1) is 15.2. The quantitative estimate of drug-likeness (QED) is 0.532. The van der Waals surface area contributed by atoms with Crippen molar-refractivity contribution < 1.29 is 19.4 Å². The van der Waals surface area contributed by atoms with Gasteiger partial charge < -0.3 is 9.84 Å². The van der Waals surface area contributed by atoms with Crippen LogP contribution in [0.5, 0.6) is 0 Å². The molecule has 0 bridgehead atoms. The normalized spacial score (nSPS) is 44.2. The molecule has 0 saturated heterocycles. The second kappa shape index (κ2) is 8.89. The van der Waals surface area contributed by atoms with Crippen LogP contribution in [0, 0.1) is 46.3 Å². The Morgan fingerprint density at radius 3 is 2.62 bits per heavy atom. The van der Waals surface area contributed by atoms with Gasteiger partial charge >= 0.3 is 5.97 Å². The lowest BCUT2D eigenvalue weighted by Gasteiger charge is -2.62. The van der Waals surface area contributed by atoms with Crippen molar-refractivity contribution in [2.45, 2.75) is 98.5 Å². The van der Waals surface area contributed by atoms with E-state index in [1.807, 2.05) is 13.0 Å². The minimum absolute atomic E-state index is 0.0629. The Hall–Kier alpha value is -1.16. The van der Waals surface area contributed by atoms with E-state index in [0.29, 0.717) is 49.0 Å². The summed E-state index contributed by atoms with van der Waals surface area (Å²) in [7, 11) is 0. The Balaban J connectivity index is 1.58. The van der Waals surface area contributed by atoms with Crippen molar-refractivity contribution in [3.8, 4) is 0 Å². The lowest BCUT2D eigenvalue weighted by Crippen LogP contribution is -2.58. The number of hydrogen-bond acceptors (Lipinski definition) is 4. The summed E-state index contributed by atoms with van der Waals surface area (Å²) in [6.07, 6.45) is 10.2. The van der Waals surface area contributed by atoms with Crippen LogP contribution in [-0.4, -0.2) is 29.6 Å². The third-order valence-electron chi connectivity index (χ3n) is 10.5. The zero-order chi connectivity index (χ0) is 23.3. The van der Waals surface area contributed by atoms with E-state index in [2.05, 4.69) is 27.7 Å². The third kappa shape index (κ3) is 3.69. The summed E-state index contributed by atoms with van der Waals surface area (Å²) in [5.74, 6) is 2.74. The van der Waals surface area contributed by atoms with Crippen molar-refractivity contribution >= 4 is 11.8 Å². The lowest BCUT2D eigenvalue weighted by atomic mass is 9.43. The van der Waals surface area contributed by atoms with E-state index in [9.17, 15) is 14.7 Å². The topological polar surface area (TPSA) is 63.6 Å². The van der Waals surface area contributed by atoms with E-state index in [-0.39, 0.29) is 34.6 Å². The summed E-state index contributed by atoms with van der Waals surface area (Å²) in [6.45, 7) is 11.7. The Morgan fingerprint density at radius 1 is 1.19 bits per heavy atom. The van der Waals surface area contributed by atoms with Gasteiger partial charge in [0.1, 0.15) is 0 Å². The zero-order valence-corrected chi connectivity index (χ0v) is 20.9. The largest absolute Gasteiger partial charge is 0.466 e. The highest BCUT2D eigenvalue weighted by molar-refractivity contribution is 5.91. The fraction of sp³-hybridized carbons (Fsp3) is 0.857. The Bertz CT molecular complexity index is 771. The molecule has 4 aliphatic rings. The Morgan fingerprint density at radius 2 is 1.94 bits per heavy atom. The molecule has 0 aromatic carbocycles. The van der Waals surface area contributed by atoms with Gasteiger partial charge in [0.25, 0.3) is 0 Å². The molecule has 0 heterocycles.